The van der Waals surface area contributed by atoms with E-state index in [0.29, 0.717) is 30.5 Å². The Bertz CT molecular complexity index is 746. The predicted octanol–water partition coefficient (Wildman–Crippen LogP) is 4.77. The number of rotatable bonds is 10. The summed E-state index contributed by atoms with van der Waals surface area (Å²) in [5.41, 5.74) is -0.587. The molecule has 0 heterocycles. The van der Waals surface area contributed by atoms with Crippen LogP contribution in [0.3, 0.4) is 0 Å². The number of methoxy groups -OCH3 is 1. The molecule has 1 amide bonds. The van der Waals surface area contributed by atoms with Crippen molar-refractivity contribution in [3.05, 3.63) is 35.4 Å². The van der Waals surface area contributed by atoms with E-state index in [0.717, 1.165) is 12.1 Å². The highest BCUT2D eigenvalue weighted by atomic mass is 19.4. The largest absolute Gasteiger partial charge is 0.444 e. The molecular formula is C20H29F3N2O4. The number of hydrogen-bond acceptors (Lipinski definition) is 5. The summed E-state index contributed by atoms with van der Waals surface area (Å²) in [7, 11) is -2.48. The third-order valence-electron chi connectivity index (χ3n) is 3.49. The Morgan fingerprint density at radius 1 is 1.14 bits per heavy atom. The monoisotopic (exact) mass is 421 g/mol. The van der Waals surface area contributed by atoms with Gasteiger partial charge in [0.25, 0.3) is 0 Å². The van der Waals surface area contributed by atoms with Crippen LogP contribution >= 0.6 is 0 Å². The number of oxime groups is 1. The first kappa shape index (κ1) is 20.0. The number of benzene rings is 1. The molecular weight excluding hydrogens is 389 g/mol. The number of carbonyl (C=O) groups is 1. The lowest BCUT2D eigenvalue weighted by atomic mass is 10.0. The van der Waals surface area contributed by atoms with Gasteiger partial charge in [0.2, 0.25) is 0 Å². The predicted molar refractivity (Wildman–Crippen MR) is 104 cm³/mol. The zero-order valence-corrected chi connectivity index (χ0v) is 16.8. The zero-order chi connectivity index (χ0) is 24.4. The van der Waals surface area contributed by atoms with E-state index in [1.165, 1.54) is 12.1 Å². The molecule has 164 valence electrons. The number of ether oxygens (including phenoxy) is 2. The first-order chi connectivity index (χ1) is 14.7. The molecule has 1 N–H and O–H groups in total. The Morgan fingerprint density at radius 3 is 2.41 bits per heavy atom. The smallest absolute Gasteiger partial charge is 0.416 e. The molecule has 1 aromatic rings. The zero-order valence-electron chi connectivity index (χ0n) is 19.8. The van der Waals surface area contributed by atoms with Gasteiger partial charge in [0.05, 0.1) is 21.9 Å². The van der Waals surface area contributed by atoms with E-state index in [1.807, 2.05) is 0 Å². The SMILES string of the molecule is [2H]C([2H])([2H])OCCCCC(=NOCCNC(=O)OC(C)(C)C)c1ccc(C(F)(F)F)cc1. The number of alkyl halides is 3. The van der Waals surface area contributed by atoms with Gasteiger partial charge in [-0.05, 0) is 57.7 Å². The standard InChI is InChI=1S/C20H29F3N2O4/c1-19(2,3)29-18(26)24-12-14-28-25-17(7-5-6-13-27-4)15-8-10-16(11-9-15)20(21,22)23/h8-11H,5-7,12-14H2,1-4H3,(H,24,26)/i4D3. The van der Waals surface area contributed by atoms with Gasteiger partial charge in [-0.2, -0.15) is 13.2 Å². The van der Waals surface area contributed by atoms with Crippen molar-refractivity contribution in [3.63, 3.8) is 0 Å². The van der Waals surface area contributed by atoms with Crippen LogP contribution in [0.15, 0.2) is 29.4 Å². The van der Waals surface area contributed by atoms with Gasteiger partial charge in [0.1, 0.15) is 12.2 Å². The van der Waals surface area contributed by atoms with Crippen molar-refractivity contribution in [2.45, 2.75) is 51.8 Å². The molecule has 0 fully saturated rings. The van der Waals surface area contributed by atoms with Gasteiger partial charge >= 0.3 is 12.3 Å². The highest BCUT2D eigenvalue weighted by Crippen LogP contribution is 2.29. The summed E-state index contributed by atoms with van der Waals surface area (Å²) in [5, 5.41) is 6.50. The molecule has 0 radical (unpaired) electrons. The normalized spacial score (nSPS) is 14.6. The van der Waals surface area contributed by atoms with Gasteiger partial charge in [-0.3, -0.25) is 0 Å². The second-order valence-corrected chi connectivity index (χ2v) is 7.18. The molecule has 0 aliphatic rings. The topological polar surface area (TPSA) is 69.2 Å². The maximum Gasteiger partial charge on any atom is 0.416 e. The molecule has 0 aromatic heterocycles. The van der Waals surface area contributed by atoms with Gasteiger partial charge in [-0.15, -0.1) is 0 Å². The van der Waals surface area contributed by atoms with Crippen molar-refractivity contribution in [3.8, 4) is 0 Å². The Kier molecular flexibility index (Phi) is 8.03. The Labute approximate surface area is 173 Å². The van der Waals surface area contributed by atoms with Crippen LogP contribution in [-0.2, 0) is 20.5 Å². The number of amides is 1. The average Bonchev–Trinajstić information content (AvgIpc) is 2.63. The van der Waals surface area contributed by atoms with E-state index in [9.17, 15) is 18.0 Å². The molecule has 1 rings (SSSR count). The second-order valence-electron chi connectivity index (χ2n) is 7.18. The minimum atomic E-state index is -4.45. The Hall–Kier alpha value is -2.29. The van der Waals surface area contributed by atoms with Crippen LogP contribution in [-0.4, -0.2) is 44.2 Å². The maximum absolute atomic E-state index is 12.8. The van der Waals surface area contributed by atoms with E-state index in [-0.39, 0.29) is 19.8 Å². The third kappa shape index (κ3) is 10.7. The summed E-state index contributed by atoms with van der Waals surface area (Å²) in [5.74, 6) is 0. The molecule has 29 heavy (non-hydrogen) atoms. The van der Waals surface area contributed by atoms with Gasteiger partial charge in [0, 0.05) is 13.6 Å². The van der Waals surface area contributed by atoms with E-state index in [4.69, 9.17) is 18.4 Å². The van der Waals surface area contributed by atoms with E-state index in [2.05, 4.69) is 10.5 Å². The number of carbonyl (C=O) groups excluding carboxylic acids is 1. The Balaban J connectivity index is 2.67. The van der Waals surface area contributed by atoms with E-state index in [1.54, 1.807) is 20.8 Å². The van der Waals surface area contributed by atoms with Crippen LogP contribution in [0.2, 0.25) is 0 Å². The van der Waals surface area contributed by atoms with Gasteiger partial charge in [-0.1, -0.05) is 17.3 Å². The summed E-state index contributed by atoms with van der Waals surface area (Å²) < 4.78 is 69.2. The maximum atomic E-state index is 12.8. The second kappa shape index (κ2) is 11.6. The molecule has 0 unspecified atom stereocenters. The highest BCUT2D eigenvalue weighted by molar-refractivity contribution is 6.00. The summed E-state index contributed by atoms with van der Waals surface area (Å²) in [4.78, 5) is 16.8. The van der Waals surface area contributed by atoms with Crippen molar-refractivity contribution in [1.82, 2.24) is 5.32 Å². The van der Waals surface area contributed by atoms with E-state index >= 15 is 0 Å². The number of nitrogens with zero attached hydrogens (tertiary/aromatic N) is 1. The molecule has 0 saturated carbocycles. The van der Waals surface area contributed by atoms with Gasteiger partial charge in [-0.25, -0.2) is 4.79 Å². The number of unbranched alkanes of at least 4 members (excludes halogenated alkanes) is 1. The van der Waals surface area contributed by atoms with Crippen LogP contribution in [0.1, 0.15) is 55.3 Å². The first-order valence-electron chi connectivity index (χ1n) is 10.6. The molecule has 6 nitrogen and oxygen atoms in total. The molecule has 0 aliphatic carbocycles. The molecule has 0 aliphatic heterocycles. The summed E-state index contributed by atoms with van der Waals surface area (Å²) in [6, 6.07) is 4.49. The lowest BCUT2D eigenvalue weighted by Gasteiger charge is -2.19. The Morgan fingerprint density at radius 2 is 1.83 bits per heavy atom. The number of hydrogen-bond donors (Lipinski definition) is 1. The fourth-order valence-electron chi connectivity index (χ4n) is 2.20. The average molecular weight is 421 g/mol. The summed E-state index contributed by atoms with van der Waals surface area (Å²) in [6.07, 6.45) is -3.84. The van der Waals surface area contributed by atoms with Gasteiger partial charge < -0.3 is 19.6 Å². The molecule has 0 spiro atoms. The fraction of sp³-hybridized carbons (Fsp3) is 0.600. The van der Waals surface area contributed by atoms with Crippen LogP contribution in [0.25, 0.3) is 0 Å². The quantitative estimate of drug-likeness (QED) is 0.336. The molecule has 9 heteroatoms. The number of nitrogens with one attached hydrogen (secondary N) is 1. The van der Waals surface area contributed by atoms with Gasteiger partial charge in [0.15, 0.2) is 0 Å². The van der Waals surface area contributed by atoms with Crippen molar-refractivity contribution in [2.24, 2.45) is 5.16 Å². The van der Waals surface area contributed by atoms with Crippen LogP contribution < -0.4 is 5.32 Å². The lowest BCUT2D eigenvalue weighted by Crippen LogP contribution is -2.34. The lowest BCUT2D eigenvalue weighted by molar-refractivity contribution is -0.137. The van der Waals surface area contributed by atoms with Crippen molar-refractivity contribution < 1.29 is 36.4 Å². The molecule has 1 aromatic carbocycles. The van der Waals surface area contributed by atoms with Crippen LogP contribution in [0, 0.1) is 0 Å². The summed E-state index contributed by atoms with van der Waals surface area (Å²) >= 11 is 0. The van der Waals surface area contributed by atoms with Crippen LogP contribution in [0.5, 0.6) is 0 Å². The van der Waals surface area contributed by atoms with Crippen molar-refractivity contribution in [1.29, 1.82) is 0 Å². The third-order valence-corrected chi connectivity index (χ3v) is 3.49. The van der Waals surface area contributed by atoms with E-state index < -0.39 is 30.5 Å². The fourth-order valence-corrected chi connectivity index (χ4v) is 2.20. The number of halogens is 3. The molecule has 0 bridgehead atoms. The van der Waals surface area contributed by atoms with Crippen molar-refractivity contribution >= 4 is 11.8 Å². The summed E-state index contributed by atoms with van der Waals surface area (Å²) in [6.45, 7) is 5.33. The molecule has 0 saturated heterocycles. The number of alkyl carbamates (subject to hydrolysis) is 1. The van der Waals surface area contributed by atoms with Crippen molar-refractivity contribution in [2.75, 3.05) is 26.8 Å². The highest BCUT2D eigenvalue weighted by Gasteiger charge is 2.30. The minimum absolute atomic E-state index is 0.0114. The van der Waals surface area contributed by atoms with Crippen LogP contribution in [0.4, 0.5) is 18.0 Å². The first-order valence-corrected chi connectivity index (χ1v) is 9.15. The minimum Gasteiger partial charge on any atom is -0.444 e. The molecule has 0 atom stereocenters.